The lowest BCUT2D eigenvalue weighted by Crippen LogP contribution is -2.29. The highest BCUT2D eigenvalue weighted by Crippen LogP contribution is 2.34. The molecule has 0 aliphatic carbocycles. The molecule has 3 N–H and O–H groups in total. The molecule has 0 amide bonds. The van der Waals surface area contributed by atoms with Crippen molar-refractivity contribution in [2.24, 2.45) is 0 Å². The summed E-state index contributed by atoms with van der Waals surface area (Å²) in [6, 6.07) is 8.79. The summed E-state index contributed by atoms with van der Waals surface area (Å²) in [5.74, 6) is -1.01. The van der Waals surface area contributed by atoms with Crippen LogP contribution in [0, 0.1) is 0 Å². The molecule has 9 heteroatoms. The van der Waals surface area contributed by atoms with Gasteiger partial charge in [-0.1, -0.05) is 24.3 Å². The lowest BCUT2D eigenvalue weighted by atomic mass is 10.0. The molecule has 0 saturated heterocycles. The first-order valence-electron chi connectivity index (χ1n) is 8.03. The van der Waals surface area contributed by atoms with E-state index in [1.165, 1.54) is 12.1 Å². The lowest BCUT2D eigenvalue weighted by molar-refractivity contribution is -0.137. The van der Waals surface area contributed by atoms with Crippen LogP contribution in [0.1, 0.15) is 21.5 Å². The minimum atomic E-state index is -4.65. The van der Waals surface area contributed by atoms with Crippen LogP contribution in [0.2, 0.25) is 0 Å². The Balaban J connectivity index is 2.55. The fourth-order valence-electron chi connectivity index (χ4n) is 2.99. The molecule has 0 spiro atoms. The van der Waals surface area contributed by atoms with Gasteiger partial charge in [-0.05, 0) is 18.2 Å². The summed E-state index contributed by atoms with van der Waals surface area (Å²) >= 11 is 0. The third-order valence-electron chi connectivity index (χ3n) is 4.33. The zero-order valence-electron chi connectivity index (χ0n) is 14.6. The molecular formula is C19H15F3N2O4. The molecule has 0 bridgehead atoms. The Bertz CT molecular complexity index is 1140. The number of nitrogens with zero attached hydrogens (tertiary/aromatic N) is 1. The Morgan fingerprint density at radius 2 is 1.89 bits per heavy atom. The first-order valence-corrected chi connectivity index (χ1v) is 8.03. The highest BCUT2D eigenvalue weighted by Gasteiger charge is 2.32. The average molecular weight is 392 g/mol. The molecule has 2 aromatic carbocycles. The number of methoxy groups -OCH3 is 1. The van der Waals surface area contributed by atoms with Crippen molar-refractivity contribution in [1.29, 1.82) is 0 Å². The molecule has 6 nitrogen and oxygen atoms in total. The number of benzene rings is 2. The summed E-state index contributed by atoms with van der Waals surface area (Å²) in [4.78, 5) is 25.2. The van der Waals surface area contributed by atoms with Crippen LogP contribution >= 0.6 is 0 Å². The molecule has 0 unspecified atom stereocenters. The van der Waals surface area contributed by atoms with Gasteiger partial charge in [0.15, 0.2) is 0 Å². The standard InChI is InChI=1S/C19H15F3N2O4/c1-28-18(27)15-16(23)12-7-6-11(19(20,21)22)8-14(12)24(17(15)26)13-5-3-2-4-10(13)9-25/h2-8,25H,9,23H2,1H3. The van der Waals surface area contributed by atoms with Crippen LogP contribution in [0.4, 0.5) is 18.9 Å². The minimum Gasteiger partial charge on any atom is -0.465 e. The molecule has 0 radical (unpaired) electrons. The number of aromatic nitrogens is 1. The highest BCUT2D eigenvalue weighted by atomic mass is 19.4. The number of ether oxygens (including phenoxy) is 1. The number of esters is 1. The van der Waals surface area contributed by atoms with Crippen molar-refractivity contribution < 1.29 is 27.8 Å². The Kier molecular flexibility index (Phi) is 4.86. The Morgan fingerprint density at radius 3 is 2.50 bits per heavy atom. The summed E-state index contributed by atoms with van der Waals surface area (Å²) in [5, 5.41) is 9.66. The summed E-state index contributed by atoms with van der Waals surface area (Å²) in [7, 11) is 1.06. The average Bonchev–Trinajstić information content (AvgIpc) is 2.67. The fourth-order valence-corrected chi connectivity index (χ4v) is 2.99. The molecule has 3 aromatic rings. The lowest BCUT2D eigenvalue weighted by Gasteiger charge is -2.18. The number of nitrogen functional groups attached to an aromatic ring is 1. The van der Waals surface area contributed by atoms with Crippen LogP contribution in [-0.2, 0) is 17.5 Å². The van der Waals surface area contributed by atoms with Crippen molar-refractivity contribution in [3.63, 3.8) is 0 Å². The number of carbonyl (C=O) groups is 1. The molecule has 146 valence electrons. The molecule has 0 fully saturated rings. The molecule has 0 saturated carbocycles. The van der Waals surface area contributed by atoms with Gasteiger partial charge < -0.3 is 15.6 Å². The van der Waals surface area contributed by atoms with Gasteiger partial charge in [-0.3, -0.25) is 9.36 Å². The number of halogens is 3. The number of alkyl halides is 3. The fraction of sp³-hybridized carbons (Fsp3) is 0.158. The molecule has 1 aromatic heterocycles. The SMILES string of the molecule is COC(=O)c1c(N)c2ccc(C(F)(F)F)cc2n(-c2ccccc2CO)c1=O. The van der Waals surface area contributed by atoms with Crippen molar-refractivity contribution in [2.75, 3.05) is 12.8 Å². The second-order valence-electron chi connectivity index (χ2n) is 5.94. The number of carbonyl (C=O) groups excluding carboxylic acids is 1. The van der Waals surface area contributed by atoms with Gasteiger partial charge in [0.25, 0.3) is 5.56 Å². The monoisotopic (exact) mass is 392 g/mol. The van der Waals surface area contributed by atoms with E-state index in [1.807, 2.05) is 0 Å². The number of rotatable bonds is 3. The van der Waals surface area contributed by atoms with Crippen LogP contribution in [0.15, 0.2) is 47.3 Å². The number of pyridine rings is 1. The van der Waals surface area contributed by atoms with E-state index in [9.17, 15) is 27.9 Å². The number of anilines is 1. The third-order valence-corrected chi connectivity index (χ3v) is 4.33. The molecule has 0 aliphatic heterocycles. The number of para-hydroxylation sites is 1. The number of aliphatic hydroxyl groups excluding tert-OH is 1. The van der Waals surface area contributed by atoms with Crippen molar-refractivity contribution in [3.8, 4) is 5.69 Å². The van der Waals surface area contributed by atoms with Crippen molar-refractivity contribution >= 4 is 22.6 Å². The van der Waals surface area contributed by atoms with Gasteiger partial charge >= 0.3 is 12.1 Å². The Labute approximate surface area is 156 Å². The maximum absolute atomic E-state index is 13.2. The van der Waals surface area contributed by atoms with Crippen LogP contribution in [-0.4, -0.2) is 22.8 Å². The molecule has 28 heavy (non-hydrogen) atoms. The maximum Gasteiger partial charge on any atom is 0.416 e. The largest absolute Gasteiger partial charge is 0.465 e. The summed E-state index contributed by atoms with van der Waals surface area (Å²) in [5.41, 5.74) is 3.48. The molecule has 0 aliphatic rings. The number of fused-ring (bicyclic) bond motifs is 1. The molecule has 1 heterocycles. The Hall–Kier alpha value is -3.33. The van der Waals surface area contributed by atoms with E-state index in [2.05, 4.69) is 4.74 Å². The second kappa shape index (κ2) is 7.01. The van der Waals surface area contributed by atoms with E-state index in [0.29, 0.717) is 0 Å². The normalized spacial score (nSPS) is 11.6. The van der Waals surface area contributed by atoms with Gasteiger partial charge in [-0.25, -0.2) is 4.79 Å². The van der Waals surface area contributed by atoms with Crippen LogP contribution < -0.4 is 11.3 Å². The number of nitrogens with two attached hydrogens (primary N) is 1. The first-order chi connectivity index (χ1) is 13.2. The molecular weight excluding hydrogens is 377 g/mol. The van der Waals surface area contributed by atoms with Crippen LogP contribution in [0.5, 0.6) is 0 Å². The van der Waals surface area contributed by atoms with Gasteiger partial charge in [0.05, 0.1) is 36.2 Å². The van der Waals surface area contributed by atoms with Crippen LogP contribution in [0.3, 0.4) is 0 Å². The Morgan fingerprint density at radius 1 is 1.21 bits per heavy atom. The van der Waals surface area contributed by atoms with Gasteiger partial charge in [-0.15, -0.1) is 0 Å². The zero-order valence-corrected chi connectivity index (χ0v) is 14.6. The predicted octanol–water partition coefficient (Wildman–Crippen LogP) is 2.87. The minimum absolute atomic E-state index is 0.0701. The second-order valence-corrected chi connectivity index (χ2v) is 5.94. The smallest absolute Gasteiger partial charge is 0.416 e. The summed E-state index contributed by atoms with van der Waals surface area (Å²) in [6.45, 7) is -0.471. The van der Waals surface area contributed by atoms with E-state index in [4.69, 9.17) is 5.73 Å². The van der Waals surface area contributed by atoms with E-state index in [-0.39, 0.29) is 27.8 Å². The van der Waals surface area contributed by atoms with Crippen molar-refractivity contribution in [3.05, 3.63) is 69.5 Å². The van der Waals surface area contributed by atoms with E-state index in [1.54, 1.807) is 12.1 Å². The van der Waals surface area contributed by atoms with Gasteiger partial charge in [0.2, 0.25) is 0 Å². The number of hydrogen-bond donors (Lipinski definition) is 2. The summed E-state index contributed by atoms with van der Waals surface area (Å²) in [6.07, 6.45) is -4.65. The van der Waals surface area contributed by atoms with Gasteiger partial charge in [0.1, 0.15) is 5.56 Å². The topological polar surface area (TPSA) is 94.6 Å². The van der Waals surface area contributed by atoms with E-state index < -0.39 is 35.4 Å². The van der Waals surface area contributed by atoms with Gasteiger partial charge in [-0.2, -0.15) is 13.2 Å². The predicted molar refractivity (Wildman–Crippen MR) is 96.2 cm³/mol. The summed E-state index contributed by atoms with van der Waals surface area (Å²) < 4.78 is 45.2. The highest BCUT2D eigenvalue weighted by molar-refractivity contribution is 6.04. The zero-order chi connectivity index (χ0) is 20.6. The van der Waals surface area contributed by atoms with Crippen LogP contribution in [0.25, 0.3) is 16.6 Å². The van der Waals surface area contributed by atoms with E-state index >= 15 is 0 Å². The first kappa shape index (κ1) is 19.4. The number of aliphatic hydroxyl groups is 1. The van der Waals surface area contributed by atoms with E-state index in [0.717, 1.165) is 29.9 Å². The van der Waals surface area contributed by atoms with Crippen molar-refractivity contribution in [2.45, 2.75) is 12.8 Å². The maximum atomic E-state index is 13.2. The quantitative estimate of drug-likeness (QED) is 0.669. The molecule has 0 atom stereocenters. The molecule has 3 rings (SSSR count). The number of hydrogen-bond acceptors (Lipinski definition) is 5. The van der Waals surface area contributed by atoms with Gasteiger partial charge in [0, 0.05) is 10.9 Å². The third kappa shape index (κ3) is 3.09. The van der Waals surface area contributed by atoms with Crippen molar-refractivity contribution in [1.82, 2.24) is 4.57 Å².